The number of fused-ring (bicyclic) bond motifs is 1. The van der Waals surface area contributed by atoms with Crippen LogP contribution in [0.1, 0.15) is 60.0 Å². The number of benzene rings is 2. The Hall–Kier alpha value is -2.64. The second-order valence-corrected chi connectivity index (χ2v) is 9.59. The second kappa shape index (κ2) is 12.2. The number of rotatable bonds is 11. The van der Waals surface area contributed by atoms with Crippen LogP contribution in [0.25, 0.3) is 10.9 Å². The third-order valence-corrected chi connectivity index (χ3v) is 6.64. The van der Waals surface area contributed by atoms with Crippen molar-refractivity contribution in [1.29, 1.82) is 0 Å². The normalized spacial score (nSPS) is 11.9. The van der Waals surface area contributed by atoms with Gasteiger partial charge < -0.3 is 15.7 Å². The zero-order valence-electron chi connectivity index (χ0n) is 19.3. The lowest BCUT2D eigenvalue weighted by atomic mass is 9.93. The van der Waals surface area contributed by atoms with Crippen LogP contribution in [0.15, 0.2) is 46.9 Å². The van der Waals surface area contributed by atoms with Crippen LogP contribution in [0.3, 0.4) is 0 Å². The lowest BCUT2D eigenvalue weighted by molar-refractivity contribution is -0.137. The summed E-state index contributed by atoms with van der Waals surface area (Å²) in [6.45, 7) is 5.06. The number of nitrogens with one attached hydrogen (secondary N) is 2. The van der Waals surface area contributed by atoms with E-state index >= 15 is 0 Å². The number of carboxylic acids is 1. The molecule has 0 saturated carbocycles. The summed E-state index contributed by atoms with van der Waals surface area (Å²) in [7, 11) is 0. The summed E-state index contributed by atoms with van der Waals surface area (Å²) in [6, 6.07) is 13.0. The number of pyridine rings is 1. The summed E-state index contributed by atoms with van der Waals surface area (Å²) in [6.07, 6.45) is 2.41. The van der Waals surface area contributed by atoms with E-state index in [1.807, 2.05) is 43.3 Å². The van der Waals surface area contributed by atoms with Gasteiger partial charge in [-0.05, 0) is 49.6 Å². The van der Waals surface area contributed by atoms with E-state index in [-0.39, 0.29) is 24.8 Å². The maximum atomic E-state index is 13.5. The minimum atomic E-state index is -0.882. The number of hydrogen-bond donors (Lipinski definition) is 3. The van der Waals surface area contributed by atoms with Crippen molar-refractivity contribution in [3.8, 4) is 0 Å². The van der Waals surface area contributed by atoms with E-state index in [1.165, 1.54) is 0 Å². The van der Waals surface area contributed by atoms with Gasteiger partial charge in [0.2, 0.25) is 0 Å². The molecule has 0 fully saturated rings. The van der Waals surface area contributed by atoms with Crippen LogP contribution in [0.5, 0.6) is 0 Å². The zero-order valence-corrected chi connectivity index (χ0v) is 21.7. The summed E-state index contributed by atoms with van der Waals surface area (Å²) < 4.78 is 0.859. The molecular weight excluding hydrogens is 518 g/mol. The third kappa shape index (κ3) is 6.48. The molecule has 0 bridgehead atoms. The minimum Gasteiger partial charge on any atom is -0.481 e. The second-order valence-electron chi connectivity index (χ2n) is 8.26. The van der Waals surface area contributed by atoms with Gasteiger partial charge in [-0.15, -0.1) is 0 Å². The molecule has 0 aliphatic rings. The number of anilines is 1. The minimum absolute atomic E-state index is 0.0125. The Kier molecular flexibility index (Phi) is 9.30. The molecule has 1 unspecified atom stereocenters. The first kappa shape index (κ1) is 26.0. The average molecular weight is 547 g/mol. The number of unbranched alkanes of at least 4 members (excludes halogenated alkanes) is 1. The van der Waals surface area contributed by atoms with Crippen LogP contribution < -0.4 is 10.6 Å². The van der Waals surface area contributed by atoms with Crippen molar-refractivity contribution in [2.24, 2.45) is 0 Å². The van der Waals surface area contributed by atoms with Gasteiger partial charge in [0.1, 0.15) is 5.82 Å². The van der Waals surface area contributed by atoms with E-state index in [2.05, 4.69) is 33.5 Å². The van der Waals surface area contributed by atoms with Crippen LogP contribution in [-0.2, 0) is 4.79 Å². The van der Waals surface area contributed by atoms with E-state index in [4.69, 9.17) is 16.6 Å². The SMILES string of the molecule is CCCCNc1nc2ccc(Br)cc2c(C(=O)NCC(CCC(=O)O)c2ccccc2Cl)c1C. The lowest BCUT2D eigenvalue weighted by Gasteiger charge is -2.20. The first-order valence-corrected chi connectivity index (χ1v) is 12.6. The largest absolute Gasteiger partial charge is 0.481 e. The van der Waals surface area contributed by atoms with Crippen molar-refractivity contribution in [3.63, 3.8) is 0 Å². The van der Waals surface area contributed by atoms with Crippen molar-refractivity contribution < 1.29 is 14.7 Å². The van der Waals surface area contributed by atoms with Crippen molar-refractivity contribution in [2.75, 3.05) is 18.4 Å². The Morgan fingerprint density at radius 2 is 1.97 bits per heavy atom. The highest BCUT2D eigenvalue weighted by Crippen LogP contribution is 2.30. The Morgan fingerprint density at radius 1 is 1.21 bits per heavy atom. The van der Waals surface area contributed by atoms with Crippen LogP contribution in [0.2, 0.25) is 5.02 Å². The van der Waals surface area contributed by atoms with E-state index < -0.39 is 5.97 Å². The van der Waals surface area contributed by atoms with E-state index in [0.29, 0.717) is 22.8 Å². The van der Waals surface area contributed by atoms with Gasteiger partial charge in [0.15, 0.2) is 0 Å². The predicted octanol–water partition coefficient (Wildman–Crippen LogP) is 6.55. The fourth-order valence-electron chi connectivity index (χ4n) is 3.95. The first-order chi connectivity index (χ1) is 16.3. The molecule has 0 aliphatic carbocycles. The van der Waals surface area contributed by atoms with Crippen LogP contribution >= 0.6 is 27.5 Å². The van der Waals surface area contributed by atoms with Crippen molar-refractivity contribution in [1.82, 2.24) is 10.3 Å². The van der Waals surface area contributed by atoms with Crippen molar-refractivity contribution >= 4 is 56.1 Å². The molecule has 1 amide bonds. The van der Waals surface area contributed by atoms with E-state index in [0.717, 1.165) is 45.9 Å². The number of aliphatic carboxylic acids is 1. The molecule has 0 saturated heterocycles. The molecular formula is C26H29BrClN3O3. The fourth-order valence-corrected chi connectivity index (χ4v) is 4.61. The average Bonchev–Trinajstić information content (AvgIpc) is 2.80. The topological polar surface area (TPSA) is 91.3 Å². The lowest BCUT2D eigenvalue weighted by Crippen LogP contribution is -2.30. The number of carbonyl (C=O) groups is 2. The number of hydrogen-bond acceptors (Lipinski definition) is 4. The predicted molar refractivity (Wildman–Crippen MR) is 141 cm³/mol. The van der Waals surface area contributed by atoms with Crippen LogP contribution in [0.4, 0.5) is 5.82 Å². The highest BCUT2D eigenvalue weighted by molar-refractivity contribution is 9.10. The molecule has 180 valence electrons. The molecule has 1 aromatic heterocycles. The fraction of sp³-hybridized carbons (Fsp3) is 0.346. The molecule has 6 nitrogen and oxygen atoms in total. The molecule has 2 aromatic carbocycles. The van der Waals surface area contributed by atoms with Gasteiger partial charge in [-0.2, -0.15) is 0 Å². The Bertz CT molecular complexity index is 1190. The summed E-state index contributed by atoms with van der Waals surface area (Å²) in [4.78, 5) is 29.4. The summed E-state index contributed by atoms with van der Waals surface area (Å²) in [5, 5.41) is 16.9. The molecule has 8 heteroatoms. The van der Waals surface area contributed by atoms with Gasteiger partial charge in [-0.3, -0.25) is 9.59 Å². The quantitative estimate of drug-likeness (QED) is 0.237. The highest BCUT2D eigenvalue weighted by Gasteiger charge is 2.21. The maximum Gasteiger partial charge on any atom is 0.303 e. The van der Waals surface area contributed by atoms with Gasteiger partial charge in [0.25, 0.3) is 5.91 Å². The number of aromatic nitrogens is 1. The van der Waals surface area contributed by atoms with Gasteiger partial charge >= 0.3 is 5.97 Å². The number of carboxylic acid groups (broad SMARTS) is 1. The van der Waals surface area contributed by atoms with Crippen molar-refractivity contribution in [3.05, 3.63) is 68.7 Å². The molecule has 0 radical (unpaired) electrons. The molecule has 34 heavy (non-hydrogen) atoms. The summed E-state index contributed by atoms with van der Waals surface area (Å²) in [5.41, 5.74) is 2.89. The molecule has 0 aliphatic heterocycles. The van der Waals surface area contributed by atoms with Gasteiger partial charge in [-0.1, -0.05) is 59.1 Å². The summed E-state index contributed by atoms with van der Waals surface area (Å²) in [5.74, 6) is -0.640. The first-order valence-electron chi connectivity index (χ1n) is 11.4. The molecule has 3 N–H and O–H groups in total. The zero-order chi connectivity index (χ0) is 24.7. The molecule has 1 atom stereocenters. The van der Waals surface area contributed by atoms with E-state index in [1.54, 1.807) is 6.07 Å². The maximum absolute atomic E-state index is 13.5. The summed E-state index contributed by atoms with van der Waals surface area (Å²) >= 11 is 9.89. The number of amides is 1. The van der Waals surface area contributed by atoms with Crippen LogP contribution in [0, 0.1) is 6.92 Å². The Labute approximate surface area is 213 Å². The highest BCUT2D eigenvalue weighted by atomic mass is 79.9. The number of halogens is 2. The Morgan fingerprint density at radius 3 is 2.68 bits per heavy atom. The third-order valence-electron chi connectivity index (χ3n) is 5.80. The monoisotopic (exact) mass is 545 g/mol. The standard InChI is InChI=1S/C26H29BrClN3O3/c1-3-4-13-29-25-16(2)24(20-14-18(27)10-11-22(20)31-25)26(34)30-15-17(9-12-23(32)33)19-7-5-6-8-21(19)28/h5-8,10-11,14,17H,3-4,9,12-13,15H2,1-2H3,(H,29,31)(H,30,34)(H,32,33). The van der Waals surface area contributed by atoms with Crippen LogP contribution in [-0.4, -0.2) is 35.1 Å². The van der Waals surface area contributed by atoms with Crippen molar-refractivity contribution in [2.45, 2.75) is 45.4 Å². The van der Waals surface area contributed by atoms with E-state index in [9.17, 15) is 14.7 Å². The van der Waals surface area contributed by atoms with Gasteiger partial charge in [-0.25, -0.2) is 4.98 Å². The molecule has 1 heterocycles. The Balaban J connectivity index is 1.92. The molecule has 3 rings (SSSR count). The molecule has 3 aromatic rings. The van der Waals surface area contributed by atoms with Gasteiger partial charge in [0.05, 0.1) is 11.1 Å². The smallest absolute Gasteiger partial charge is 0.303 e. The van der Waals surface area contributed by atoms with Gasteiger partial charge in [0, 0.05) is 45.9 Å². The number of nitrogens with zero attached hydrogens (tertiary/aromatic N) is 1. The molecule has 0 spiro atoms. The number of carbonyl (C=O) groups excluding carboxylic acids is 1.